The minimum Gasteiger partial charge on any atom is -0.465 e. The number of amides is 2. The molecule has 1 aromatic carbocycles. The summed E-state index contributed by atoms with van der Waals surface area (Å²) in [6.07, 6.45) is 5.82. The third kappa shape index (κ3) is 12.5. The predicted molar refractivity (Wildman–Crippen MR) is 199 cm³/mol. The Hall–Kier alpha value is -4.35. The van der Waals surface area contributed by atoms with Crippen LogP contribution in [0.5, 0.6) is 0 Å². The number of nitrogens with zero attached hydrogens (tertiary/aromatic N) is 3. The van der Waals surface area contributed by atoms with Crippen LogP contribution in [0, 0.1) is 5.92 Å². The van der Waals surface area contributed by atoms with Crippen molar-refractivity contribution in [1.82, 2.24) is 15.5 Å². The predicted octanol–water partition coefficient (Wildman–Crippen LogP) is 7.54. The number of allylic oxidation sites excluding steroid dienone is 2. The zero-order chi connectivity index (χ0) is 37.2. The van der Waals surface area contributed by atoms with E-state index in [1.54, 1.807) is 6.07 Å². The van der Waals surface area contributed by atoms with Gasteiger partial charge in [0.15, 0.2) is 0 Å². The highest BCUT2D eigenvalue weighted by atomic mass is 16.6. The minimum atomic E-state index is -0.684. The number of likely N-dealkylation sites (tertiary alicyclic amines) is 1. The second-order valence-electron chi connectivity index (χ2n) is 15.3. The van der Waals surface area contributed by atoms with Gasteiger partial charge in [0.25, 0.3) is 0 Å². The Kier molecular flexibility index (Phi) is 14.1. The van der Waals surface area contributed by atoms with Crippen LogP contribution in [-0.2, 0) is 14.2 Å². The summed E-state index contributed by atoms with van der Waals surface area (Å²) >= 11 is 0. The molecule has 1 aromatic rings. The monoisotopic (exact) mass is 694 g/mol. The average Bonchev–Trinajstić information content (AvgIpc) is 3.43. The third-order valence-corrected chi connectivity index (χ3v) is 8.07. The Balaban J connectivity index is 1.94. The maximum absolute atomic E-state index is 13.1. The van der Waals surface area contributed by atoms with Crippen LogP contribution in [0.15, 0.2) is 51.5 Å². The Morgan fingerprint density at radius 3 is 2.10 bits per heavy atom. The number of fused-ring (bicyclic) bond motifs is 3. The number of nitrogens with one attached hydrogen (secondary N) is 3. The molecule has 276 valence electrons. The van der Waals surface area contributed by atoms with Gasteiger partial charge in [0, 0.05) is 30.6 Å². The Bertz CT molecular complexity index is 1490. The van der Waals surface area contributed by atoms with E-state index in [0.717, 1.165) is 41.7 Å². The molecule has 2 aliphatic heterocycles. The van der Waals surface area contributed by atoms with E-state index < -0.39 is 29.4 Å². The van der Waals surface area contributed by atoms with E-state index in [1.165, 1.54) is 7.11 Å². The van der Waals surface area contributed by atoms with Crippen LogP contribution in [0.4, 0.5) is 15.3 Å². The molecular weight excluding hydrogens is 636 g/mol. The summed E-state index contributed by atoms with van der Waals surface area (Å²) in [6.45, 7) is 20.5. The molecule has 3 rings (SSSR count). The van der Waals surface area contributed by atoms with Gasteiger partial charge in [-0.3, -0.25) is 15.6 Å². The number of ether oxygens (including phenoxy) is 3. The van der Waals surface area contributed by atoms with E-state index in [2.05, 4.69) is 25.8 Å². The van der Waals surface area contributed by atoms with Gasteiger partial charge in [0.1, 0.15) is 17.0 Å². The van der Waals surface area contributed by atoms with Crippen molar-refractivity contribution in [3.8, 4) is 0 Å². The third-order valence-electron chi connectivity index (χ3n) is 8.07. The normalized spacial score (nSPS) is 18.9. The van der Waals surface area contributed by atoms with Gasteiger partial charge in [-0.1, -0.05) is 23.3 Å². The number of amidine groups is 1. The van der Waals surface area contributed by atoms with E-state index in [0.29, 0.717) is 43.4 Å². The van der Waals surface area contributed by atoms with Crippen molar-refractivity contribution in [2.75, 3.05) is 32.1 Å². The molecule has 2 heterocycles. The summed E-state index contributed by atoms with van der Waals surface area (Å²) in [4.78, 5) is 49.9. The van der Waals surface area contributed by atoms with E-state index in [4.69, 9.17) is 19.2 Å². The largest absolute Gasteiger partial charge is 0.465 e. The van der Waals surface area contributed by atoms with Gasteiger partial charge in [-0.25, -0.2) is 19.4 Å². The van der Waals surface area contributed by atoms with Crippen LogP contribution in [-0.4, -0.2) is 78.8 Å². The van der Waals surface area contributed by atoms with E-state index in [-0.39, 0.29) is 18.0 Å². The topological polar surface area (TPSA) is 143 Å². The lowest BCUT2D eigenvalue weighted by Gasteiger charge is -2.41. The molecule has 12 nitrogen and oxygen atoms in total. The first kappa shape index (κ1) is 40.1. The summed E-state index contributed by atoms with van der Waals surface area (Å²) < 4.78 is 16.2. The van der Waals surface area contributed by atoms with E-state index in [9.17, 15) is 14.4 Å². The highest BCUT2D eigenvalue weighted by Crippen LogP contribution is 2.47. The lowest BCUT2D eigenvalue weighted by atomic mass is 9.80. The fourth-order valence-electron chi connectivity index (χ4n) is 5.99. The number of carbonyl (C=O) groups is 3. The van der Waals surface area contributed by atoms with Gasteiger partial charge >= 0.3 is 18.2 Å². The second kappa shape index (κ2) is 17.5. The van der Waals surface area contributed by atoms with Gasteiger partial charge in [-0.15, -0.1) is 0 Å². The minimum absolute atomic E-state index is 0.0580. The number of rotatable bonds is 9. The van der Waals surface area contributed by atoms with E-state index in [1.807, 2.05) is 93.5 Å². The maximum Gasteiger partial charge on any atom is 0.414 e. The van der Waals surface area contributed by atoms with Crippen LogP contribution in [0.3, 0.4) is 0 Å². The summed E-state index contributed by atoms with van der Waals surface area (Å²) in [6, 6.07) is 5.42. The summed E-state index contributed by atoms with van der Waals surface area (Å²) in [5, 5.41) is 9.55. The van der Waals surface area contributed by atoms with Crippen molar-refractivity contribution in [2.45, 2.75) is 118 Å². The molecule has 0 aliphatic carbocycles. The van der Waals surface area contributed by atoms with Crippen molar-refractivity contribution in [2.24, 2.45) is 15.9 Å². The van der Waals surface area contributed by atoms with Crippen LogP contribution in [0.25, 0.3) is 0 Å². The molecule has 50 heavy (non-hydrogen) atoms. The molecule has 1 saturated heterocycles. The first-order chi connectivity index (χ1) is 23.4. The molecule has 2 amide bonds. The van der Waals surface area contributed by atoms with Crippen molar-refractivity contribution in [1.29, 1.82) is 0 Å². The lowest BCUT2D eigenvalue weighted by Crippen LogP contribution is -2.48. The second-order valence-corrected chi connectivity index (χ2v) is 15.3. The molecule has 0 aromatic heterocycles. The van der Waals surface area contributed by atoms with Crippen LogP contribution < -0.4 is 16.0 Å². The number of esters is 1. The summed E-state index contributed by atoms with van der Waals surface area (Å²) in [7, 11) is 1.37. The van der Waals surface area contributed by atoms with Crippen LogP contribution in [0.1, 0.15) is 117 Å². The molecule has 0 unspecified atom stereocenters. The smallest absolute Gasteiger partial charge is 0.414 e. The lowest BCUT2D eigenvalue weighted by molar-refractivity contribution is 0.0546. The van der Waals surface area contributed by atoms with Crippen molar-refractivity contribution in [3.05, 3.63) is 52.6 Å². The van der Waals surface area contributed by atoms with Crippen molar-refractivity contribution >= 4 is 35.6 Å². The molecule has 2 aliphatic rings. The van der Waals surface area contributed by atoms with Gasteiger partial charge in [0.05, 0.1) is 31.8 Å². The molecule has 0 saturated carbocycles. The number of methoxy groups -OCH3 is 1. The molecule has 0 bridgehead atoms. The quantitative estimate of drug-likeness (QED) is 0.0791. The molecule has 3 atom stereocenters. The first-order valence-electron chi connectivity index (χ1n) is 17.5. The fraction of sp³-hybridized carbons (Fsp3) is 0.605. The SMILES string of the molecule is COC(=O)c1ccc2c(c1)[C@@H]1[C@@H](CCN1C(=NCC=C(C)C)NC(=O)OC(C)(C)C)[C@H](CCCC(=NCC=C(C)C)NC(=O)OC(C)(C)C)N2. The number of benzene rings is 1. The number of anilines is 1. The standard InChI is InChI=1S/C38H58N6O6/c1-24(2)17-20-39-31(42-35(46)49-37(5,6)7)14-12-13-29-27-19-22-44(32(27)28-23-26(33(45)48-11)15-16-30(28)41-29)34(40-21-18-25(3)4)43-36(47)50-38(8,9)10/h15-18,23,27,29,32,41H,12-14,19-22H2,1-11H3,(H,39,42,46)(H,40,43,47)/t27-,29-,32-/m0/s1. The molecule has 0 spiro atoms. The Labute approximate surface area is 298 Å². The fourth-order valence-corrected chi connectivity index (χ4v) is 5.99. The molecule has 3 N–H and O–H groups in total. The molecule has 12 heteroatoms. The number of hydrogen-bond donors (Lipinski definition) is 3. The van der Waals surface area contributed by atoms with Gasteiger partial charge in [-0.05, 0) is 112 Å². The maximum atomic E-state index is 13.1. The number of carbonyl (C=O) groups excluding carboxylic acids is 3. The number of guanidine groups is 1. The highest BCUT2D eigenvalue weighted by Gasteiger charge is 2.45. The van der Waals surface area contributed by atoms with E-state index >= 15 is 0 Å². The number of alkyl carbamates (subject to hydrolysis) is 2. The zero-order valence-corrected chi connectivity index (χ0v) is 31.9. The number of hydrogen-bond acceptors (Lipinski definition) is 9. The summed E-state index contributed by atoms with van der Waals surface area (Å²) in [5.74, 6) is 0.706. The van der Waals surface area contributed by atoms with Crippen LogP contribution in [0.2, 0.25) is 0 Å². The Morgan fingerprint density at radius 2 is 1.52 bits per heavy atom. The highest BCUT2D eigenvalue weighted by molar-refractivity contribution is 5.96. The molecular formula is C38H58N6O6. The van der Waals surface area contributed by atoms with Gasteiger partial charge < -0.3 is 24.4 Å². The van der Waals surface area contributed by atoms with Gasteiger partial charge in [-0.2, -0.15) is 0 Å². The first-order valence-corrected chi connectivity index (χ1v) is 17.5. The number of aliphatic imine (C=N–C) groups is 2. The zero-order valence-electron chi connectivity index (χ0n) is 31.9. The van der Waals surface area contributed by atoms with Gasteiger partial charge in [0.2, 0.25) is 5.96 Å². The summed E-state index contributed by atoms with van der Waals surface area (Å²) in [5.41, 5.74) is 3.24. The van der Waals surface area contributed by atoms with Crippen molar-refractivity contribution < 1.29 is 28.6 Å². The van der Waals surface area contributed by atoms with Crippen molar-refractivity contribution in [3.63, 3.8) is 0 Å². The molecule has 1 fully saturated rings. The average molecular weight is 695 g/mol. The van der Waals surface area contributed by atoms with Crippen LogP contribution >= 0.6 is 0 Å². The Morgan fingerprint density at radius 1 is 0.920 bits per heavy atom. The molecule has 0 radical (unpaired) electrons.